The fraction of sp³-hybridized carbons (Fsp3) is 0.435. The second-order valence-electron chi connectivity index (χ2n) is 15.8. The van der Waals surface area contributed by atoms with Gasteiger partial charge in [0.05, 0.1) is 13.2 Å². The zero-order valence-corrected chi connectivity index (χ0v) is 43.4. The standard InChI is InChI=1S/C12H14N2O7.C12H22N2O6.2C11H12N2O7/c15-11(16)8-13-12(17)21-10-5-1-3-9(7-10)4-2-6-20-14(18)19;1-3-9(2)11(12(16)17)13-10(15)7-5-4-6-8-20-14(18)19;14-10(15)5-12-11(16)19-6-8-1-3-9(4-2-8)7-20-13(17)18;14-10(15)7-12-11(16)20-9-3-1-2-8(6-9)4-5-19-13(17)18/h1,3,5,7H,2,4,6,8H2,(H,13,17)(H,15,16);9,11H,3-8H2,1-2H3,(H,13,15)(H,16,17);1-4H,5-7H2,(H,12,16)(H,14,15);1-3,6H,4-5,7H2,(H,12,16)(H,14,15). The molecule has 0 aliphatic carbocycles. The van der Waals surface area contributed by atoms with Crippen molar-refractivity contribution in [3.8, 4) is 11.5 Å². The van der Waals surface area contributed by atoms with Gasteiger partial charge in [-0.2, -0.15) is 0 Å². The van der Waals surface area contributed by atoms with Crippen LogP contribution >= 0.6 is 0 Å². The van der Waals surface area contributed by atoms with Gasteiger partial charge in [-0.25, -0.2) is 19.2 Å². The van der Waals surface area contributed by atoms with E-state index in [1.165, 1.54) is 18.2 Å². The summed E-state index contributed by atoms with van der Waals surface area (Å²) >= 11 is 0. The van der Waals surface area contributed by atoms with Crippen LogP contribution in [-0.4, -0.2) is 134 Å². The zero-order chi connectivity index (χ0) is 61.1. The minimum Gasteiger partial charge on any atom is -0.480 e. The topological polar surface area (TPSA) is 503 Å². The second-order valence-corrected chi connectivity index (χ2v) is 15.8. The molecule has 4 amide bonds. The van der Waals surface area contributed by atoms with E-state index in [1.807, 2.05) is 17.6 Å². The second kappa shape index (κ2) is 41.7. The van der Waals surface area contributed by atoms with Crippen LogP contribution in [0.25, 0.3) is 0 Å². The number of nitrogens with zero attached hydrogens (tertiary/aromatic N) is 4. The van der Waals surface area contributed by atoms with Crippen LogP contribution in [0, 0.1) is 46.4 Å². The number of carbonyl (C=O) groups excluding carboxylic acids is 4. The van der Waals surface area contributed by atoms with Crippen molar-refractivity contribution >= 4 is 48.1 Å². The van der Waals surface area contributed by atoms with Gasteiger partial charge >= 0.3 is 42.2 Å². The van der Waals surface area contributed by atoms with Crippen LogP contribution in [0.15, 0.2) is 72.8 Å². The molecule has 0 saturated carbocycles. The molecular formula is C46H60N8O27. The van der Waals surface area contributed by atoms with Crippen molar-refractivity contribution < 1.29 is 113 Å². The Morgan fingerprint density at radius 3 is 1.40 bits per heavy atom. The van der Waals surface area contributed by atoms with Crippen LogP contribution in [0.4, 0.5) is 14.4 Å². The molecule has 2 unspecified atom stereocenters. The van der Waals surface area contributed by atoms with Crippen molar-refractivity contribution in [2.24, 2.45) is 5.92 Å². The fourth-order valence-electron chi connectivity index (χ4n) is 5.60. The number of aliphatic carboxylic acids is 4. The van der Waals surface area contributed by atoms with E-state index in [0.29, 0.717) is 55.2 Å². The predicted molar refractivity (Wildman–Crippen MR) is 269 cm³/mol. The smallest absolute Gasteiger partial charge is 0.413 e. The summed E-state index contributed by atoms with van der Waals surface area (Å²) in [7, 11) is 0. The van der Waals surface area contributed by atoms with E-state index in [1.54, 1.807) is 61.5 Å². The third-order valence-electron chi connectivity index (χ3n) is 9.53. The minimum atomic E-state index is -1.19. The Morgan fingerprint density at radius 2 is 0.951 bits per heavy atom. The molecule has 0 aromatic heterocycles. The molecule has 8 N–H and O–H groups in total. The Labute approximate surface area is 458 Å². The maximum atomic E-state index is 11.6. The highest BCUT2D eigenvalue weighted by molar-refractivity contribution is 5.83. The van der Waals surface area contributed by atoms with E-state index in [4.69, 9.17) is 34.6 Å². The predicted octanol–water partition coefficient (Wildman–Crippen LogP) is 3.69. The summed E-state index contributed by atoms with van der Waals surface area (Å²) in [6.07, 6.45) is 1.13. The maximum Gasteiger partial charge on any atom is 0.413 e. The van der Waals surface area contributed by atoms with Crippen LogP contribution in [0.5, 0.6) is 11.5 Å². The third kappa shape index (κ3) is 40.5. The molecule has 35 heteroatoms. The van der Waals surface area contributed by atoms with Gasteiger partial charge in [0.2, 0.25) is 5.91 Å². The molecule has 3 rings (SSSR count). The van der Waals surface area contributed by atoms with Crippen molar-refractivity contribution in [1.82, 2.24) is 21.3 Å². The van der Waals surface area contributed by atoms with Gasteiger partial charge in [0.25, 0.3) is 20.3 Å². The first-order valence-electron chi connectivity index (χ1n) is 23.6. The van der Waals surface area contributed by atoms with E-state index < -0.39 is 88.2 Å². The first kappa shape index (κ1) is 70.6. The molecule has 0 bridgehead atoms. The summed E-state index contributed by atoms with van der Waals surface area (Å²) in [6, 6.07) is 18.4. The number of amides is 4. The van der Waals surface area contributed by atoms with E-state index in [-0.39, 0.29) is 69.2 Å². The van der Waals surface area contributed by atoms with E-state index in [9.17, 15) is 78.8 Å². The van der Waals surface area contributed by atoms with Crippen molar-refractivity contribution in [1.29, 1.82) is 0 Å². The van der Waals surface area contributed by atoms with Crippen LogP contribution in [-0.2, 0) is 74.1 Å². The number of hydrogen-bond acceptors (Lipinski definition) is 23. The van der Waals surface area contributed by atoms with Crippen molar-refractivity contribution in [3.63, 3.8) is 0 Å². The molecule has 0 aliphatic rings. The summed E-state index contributed by atoms with van der Waals surface area (Å²) < 4.78 is 14.5. The van der Waals surface area contributed by atoms with Crippen molar-refractivity contribution in [2.45, 2.75) is 84.5 Å². The number of carboxylic acids is 4. The lowest BCUT2D eigenvalue weighted by molar-refractivity contribution is -0.763. The highest BCUT2D eigenvalue weighted by atomic mass is 17.0. The summed E-state index contributed by atoms with van der Waals surface area (Å²) in [5, 5.41) is 79.1. The lowest BCUT2D eigenvalue weighted by Gasteiger charge is -2.20. The molecule has 0 spiro atoms. The lowest BCUT2D eigenvalue weighted by atomic mass is 9.99. The van der Waals surface area contributed by atoms with Gasteiger partial charge in [0.15, 0.2) is 0 Å². The van der Waals surface area contributed by atoms with Gasteiger partial charge in [-0.15, -0.1) is 40.5 Å². The molecule has 81 heavy (non-hydrogen) atoms. The quantitative estimate of drug-likeness (QED) is 0.0245. The third-order valence-corrected chi connectivity index (χ3v) is 9.53. The molecule has 0 fully saturated rings. The highest BCUT2D eigenvalue weighted by Gasteiger charge is 2.25. The average Bonchev–Trinajstić information content (AvgIpc) is 3.40. The van der Waals surface area contributed by atoms with E-state index in [2.05, 4.69) is 30.0 Å². The van der Waals surface area contributed by atoms with E-state index in [0.717, 1.165) is 5.56 Å². The monoisotopic (exact) mass is 1160 g/mol. The van der Waals surface area contributed by atoms with Gasteiger partial charge in [-0.1, -0.05) is 75.2 Å². The van der Waals surface area contributed by atoms with Crippen LogP contribution in [0.2, 0.25) is 0 Å². The van der Waals surface area contributed by atoms with Crippen LogP contribution < -0.4 is 30.7 Å². The number of unbranched alkanes of at least 4 members (excludes halogenated alkanes) is 2. The Balaban J connectivity index is 0.00000105. The summed E-state index contributed by atoms with van der Waals surface area (Å²) in [6.45, 7) is 1.73. The molecule has 0 heterocycles. The number of hydrogen-bond donors (Lipinski definition) is 8. The first-order chi connectivity index (χ1) is 38.3. The zero-order valence-electron chi connectivity index (χ0n) is 43.4. The fourth-order valence-corrected chi connectivity index (χ4v) is 5.60. The molecule has 446 valence electrons. The molecular weight excluding hydrogens is 1100 g/mol. The van der Waals surface area contributed by atoms with Gasteiger partial charge in [-0.05, 0) is 84.5 Å². The Hall–Kier alpha value is -10.4. The van der Waals surface area contributed by atoms with Gasteiger partial charge in [0, 0.05) is 6.42 Å². The number of nitrogens with one attached hydrogen (secondary N) is 4. The number of alkyl carbamates (subject to hydrolysis) is 1. The minimum absolute atomic E-state index is 0.0131. The van der Waals surface area contributed by atoms with Crippen molar-refractivity contribution in [2.75, 3.05) is 39.5 Å². The molecule has 0 aliphatic heterocycles. The number of rotatable bonds is 33. The molecule has 2 atom stereocenters. The maximum absolute atomic E-state index is 11.6. The Morgan fingerprint density at radius 1 is 0.519 bits per heavy atom. The van der Waals surface area contributed by atoms with Gasteiger partial charge < -0.3 is 75.3 Å². The number of carbonyl (C=O) groups is 8. The molecule has 3 aromatic rings. The number of carboxylic acid groups (broad SMARTS) is 4. The summed E-state index contributed by atoms with van der Waals surface area (Å²) in [5.74, 6) is -4.56. The number of benzene rings is 3. The normalized spacial score (nSPS) is 10.5. The Kier molecular flexibility index (Phi) is 36.4. The van der Waals surface area contributed by atoms with Crippen molar-refractivity contribution in [3.05, 3.63) is 136 Å². The first-order valence-corrected chi connectivity index (χ1v) is 23.6. The van der Waals surface area contributed by atoms with Crippen LogP contribution in [0.3, 0.4) is 0 Å². The summed E-state index contributed by atoms with van der Waals surface area (Å²) in [4.78, 5) is 143. The summed E-state index contributed by atoms with van der Waals surface area (Å²) in [5.41, 5.74) is 2.74. The average molecular weight is 1160 g/mol. The van der Waals surface area contributed by atoms with Crippen LogP contribution in [0.1, 0.15) is 74.6 Å². The molecule has 35 nitrogen and oxygen atoms in total. The number of ether oxygens (including phenoxy) is 3. The Bertz CT molecular complexity index is 2520. The molecule has 0 saturated heterocycles. The number of aryl methyl sites for hydroxylation is 1. The largest absolute Gasteiger partial charge is 0.480 e. The SMILES string of the molecule is CCC(C)C(NC(=O)CCCCCO[N+](=O)[O-])C(=O)O.O=C(O)CNC(=O)OCc1ccc(CO[N+](=O)[O-])cc1.O=C(O)CNC(=O)Oc1cccc(CCCO[N+](=O)[O-])c1.O=C(O)CNC(=O)Oc1cccc(CCO[N+](=O)[O-])c1. The molecule has 0 radical (unpaired) electrons. The van der Waals surface area contributed by atoms with Gasteiger partial charge in [0.1, 0.15) is 57.0 Å². The van der Waals surface area contributed by atoms with E-state index >= 15 is 0 Å². The molecule has 3 aromatic carbocycles. The van der Waals surface area contributed by atoms with Gasteiger partial charge in [-0.3, -0.25) is 19.2 Å². The lowest BCUT2D eigenvalue weighted by Crippen LogP contribution is -2.44. The highest BCUT2D eigenvalue weighted by Crippen LogP contribution is 2.16.